The van der Waals surface area contributed by atoms with Crippen LogP contribution in [0.4, 0.5) is 0 Å². The number of carbonyl (C=O) groups is 1. The zero-order valence-electron chi connectivity index (χ0n) is 11.7. The van der Waals surface area contributed by atoms with Gasteiger partial charge in [-0.05, 0) is 30.5 Å². The van der Waals surface area contributed by atoms with E-state index in [0.717, 1.165) is 4.88 Å². The molecule has 0 aliphatic carbocycles. The van der Waals surface area contributed by atoms with Gasteiger partial charge < -0.3 is 14.2 Å². The third kappa shape index (κ3) is 3.01. The number of nitrogens with zero attached hydrogens (tertiary/aromatic N) is 2. The van der Waals surface area contributed by atoms with Gasteiger partial charge in [0.2, 0.25) is 0 Å². The quantitative estimate of drug-likeness (QED) is 0.776. The first-order valence-corrected chi connectivity index (χ1v) is 7.47. The molecule has 0 aromatic carbocycles. The maximum Gasteiger partial charge on any atom is 0.437 e. The highest BCUT2D eigenvalue weighted by molar-refractivity contribution is 7.13. The van der Waals surface area contributed by atoms with Crippen molar-refractivity contribution in [3.8, 4) is 10.8 Å². The Bertz CT molecular complexity index is 802. The lowest BCUT2D eigenvalue weighted by molar-refractivity contribution is 0.0907. The van der Waals surface area contributed by atoms with Crippen LogP contribution in [-0.4, -0.2) is 21.7 Å². The van der Waals surface area contributed by atoms with Crippen molar-refractivity contribution in [3.63, 3.8) is 0 Å². The van der Waals surface area contributed by atoms with E-state index < -0.39 is 5.76 Å². The van der Waals surface area contributed by atoms with Crippen molar-refractivity contribution < 1.29 is 13.6 Å². The molecule has 1 N–H and O–H groups in total. The van der Waals surface area contributed by atoms with Gasteiger partial charge in [0.1, 0.15) is 0 Å². The molecule has 1 atom stereocenters. The average molecular weight is 319 g/mol. The minimum absolute atomic E-state index is 0.208. The van der Waals surface area contributed by atoms with Crippen LogP contribution in [0.2, 0.25) is 0 Å². The molecule has 0 aliphatic heterocycles. The highest BCUT2D eigenvalue weighted by Crippen LogP contribution is 2.21. The lowest BCUT2D eigenvalue weighted by Gasteiger charge is -2.11. The SMILES string of the molecule is C[C@@H](Cn1nc(-c2cccs2)oc1=O)NC(=O)c1ccco1. The summed E-state index contributed by atoms with van der Waals surface area (Å²) in [5.74, 6) is -0.391. The molecular formula is C14H13N3O4S. The number of aromatic nitrogens is 2. The van der Waals surface area contributed by atoms with Crippen molar-refractivity contribution in [2.75, 3.05) is 0 Å². The summed E-state index contributed by atoms with van der Waals surface area (Å²) < 4.78 is 11.3. The standard InChI is InChI=1S/C14H13N3O4S/c1-9(15-12(18)10-4-2-6-20-10)8-17-14(19)21-13(16-17)11-5-3-7-22-11/h2-7,9H,8H2,1H3,(H,15,18)/t9-/m0/s1. The number of amides is 1. The van der Waals surface area contributed by atoms with Crippen LogP contribution >= 0.6 is 11.3 Å². The third-order valence-corrected chi connectivity index (χ3v) is 3.77. The van der Waals surface area contributed by atoms with E-state index in [4.69, 9.17) is 8.83 Å². The molecule has 8 heteroatoms. The predicted octanol–water partition coefficient (Wildman–Crippen LogP) is 1.98. The van der Waals surface area contributed by atoms with Crippen LogP contribution in [-0.2, 0) is 6.54 Å². The van der Waals surface area contributed by atoms with Gasteiger partial charge in [0, 0.05) is 6.04 Å². The smallest absolute Gasteiger partial charge is 0.437 e. The Morgan fingerprint density at radius 1 is 1.45 bits per heavy atom. The Morgan fingerprint density at radius 2 is 2.32 bits per heavy atom. The molecule has 3 aromatic heterocycles. The average Bonchev–Trinajstić information content (AvgIpc) is 3.19. The highest BCUT2D eigenvalue weighted by atomic mass is 32.1. The molecule has 22 heavy (non-hydrogen) atoms. The molecule has 0 bridgehead atoms. The number of nitrogens with one attached hydrogen (secondary N) is 1. The monoisotopic (exact) mass is 319 g/mol. The number of hydrogen-bond donors (Lipinski definition) is 1. The summed E-state index contributed by atoms with van der Waals surface area (Å²) >= 11 is 1.44. The largest absolute Gasteiger partial charge is 0.459 e. The number of carbonyl (C=O) groups excluding carboxylic acids is 1. The zero-order chi connectivity index (χ0) is 15.5. The van der Waals surface area contributed by atoms with E-state index >= 15 is 0 Å². The van der Waals surface area contributed by atoms with Crippen molar-refractivity contribution in [1.29, 1.82) is 0 Å². The minimum Gasteiger partial charge on any atom is -0.459 e. The summed E-state index contributed by atoms with van der Waals surface area (Å²) in [7, 11) is 0. The van der Waals surface area contributed by atoms with E-state index in [1.807, 2.05) is 17.5 Å². The van der Waals surface area contributed by atoms with Gasteiger partial charge >= 0.3 is 5.76 Å². The van der Waals surface area contributed by atoms with E-state index in [0.29, 0.717) is 0 Å². The van der Waals surface area contributed by atoms with E-state index in [1.165, 1.54) is 22.3 Å². The van der Waals surface area contributed by atoms with Crippen molar-refractivity contribution in [3.05, 3.63) is 52.2 Å². The normalized spacial score (nSPS) is 12.2. The second-order valence-electron chi connectivity index (χ2n) is 4.68. The number of furan rings is 1. The van der Waals surface area contributed by atoms with E-state index in [2.05, 4.69) is 10.4 Å². The first kappa shape index (κ1) is 14.3. The predicted molar refractivity (Wildman–Crippen MR) is 79.7 cm³/mol. The molecule has 0 spiro atoms. The Labute approximate surface area is 129 Å². The highest BCUT2D eigenvalue weighted by Gasteiger charge is 2.16. The minimum atomic E-state index is -0.553. The summed E-state index contributed by atoms with van der Waals surface area (Å²) in [5.41, 5.74) is 0. The van der Waals surface area contributed by atoms with Gasteiger partial charge in [0.05, 0.1) is 17.7 Å². The van der Waals surface area contributed by atoms with Crippen LogP contribution in [0, 0.1) is 0 Å². The summed E-state index contributed by atoms with van der Waals surface area (Å²) in [5, 5.41) is 8.74. The Morgan fingerprint density at radius 3 is 3.00 bits per heavy atom. The van der Waals surface area contributed by atoms with Gasteiger partial charge in [-0.15, -0.1) is 16.4 Å². The number of rotatable bonds is 5. The number of thiophene rings is 1. The van der Waals surface area contributed by atoms with Crippen molar-refractivity contribution in [2.24, 2.45) is 0 Å². The summed E-state index contributed by atoms with van der Waals surface area (Å²) in [6.45, 7) is 1.98. The fraction of sp³-hybridized carbons (Fsp3) is 0.214. The topological polar surface area (TPSA) is 90.3 Å². The van der Waals surface area contributed by atoms with Crippen molar-refractivity contribution in [2.45, 2.75) is 19.5 Å². The fourth-order valence-electron chi connectivity index (χ4n) is 1.93. The molecule has 0 saturated heterocycles. The first-order chi connectivity index (χ1) is 10.6. The van der Waals surface area contributed by atoms with E-state index in [9.17, 15) is 9.59 Å². The molecule has 1 amide bonds. The van der Waals surface area contributed by atoms with Crippen LogP contribution in [0.5, 0.6) is 0 Å². The number of hydrogen-bond acceptors (Lipinski definition) is 6. The Balaban J connectivity index is 1.68. The summed E-state index contributed by atoms with van der Waals surface area (Å²) in [6.07, 6.45) is 1.43. The van der Waals surface area contributed by atoms with Gasteiger partial charge in [-0.1, -0.05) is 6.07 Å². The van der Waals surface area contributed by atoms with Gasteiger partial charge in [-0.25, -0.2) is 4.79 Å². The van der Waals surface area contributed by atoms with Crippen LogP contribution in [0.25, 0.3) is 10.8 Å². The fourth-order valence-corrected chi connectivity index (χ4v) is 2.57. The molecule has 0 aliphatic rings. The van der Waals surface area contributed by atoms with Crippen molar-refractivity contribution >= 4 is 17.2 Å². The lowest BCUT2D eigenvalue weighted by Crippen LogP contribution is -2.37. The summed E-state index contributed by atoms with van der Waals surface area (Å²) in [4.78, 5) is 24.4. The molecule has 114 valence electrons. The van der Waals surface area contributed by atoms with Crippen LogP contribution < -0.4 is 11.1 Å². The van der Waals surface area contributed by atoms with Crippen LogP contribution in [0.3, 0.4) is 0 Å². The lowest BCUT2D eigenvalue weighted by atomic mass is 10.3. The van der Waals surface area contributed by atoms with Crippen LogP contribution in [0.1, 0.15) is 17.5 Å². The molecule has 0 fully saturated rings. The van der Waals surface area contributed by atoms with E-state index in [-0.39, 0.29) is 30.1 Å². The maximum absolute atomic E-state index is 11.8. The first-order valence-electron chi connectivity index (χ1n) is 6.59. The van der Waals surface area contributed by atoms with Gasteiger partial charge in [-0.2, -0.15) is 4.68 Å². The van der Waals surface area contributed by atoms with E-state index in [1.54, 1.807) is 19.1 Å². The molecule has 7 nitrogen and oxygen atoms in total. The van der Waals surface area contributed by atoms with Gasteiger partial charge in [0.15, 0.2) is 5.76 Å². The van der Waals surface area contributed by atoms with Gasteiger partial charge in [0.25, 0.3) is 11.8 Å². The van der Waals surface area contributed by atoms with Gasteiger partial charge in [-0.3, -0.25) is 4.79 Å². The molecule has 0 unspecified atom stereocenters. The van der Waals surface area contributed by atoms with Crippen LogP contribution in [0.15, 0.2) is 49.5 Å². The maximum atomic E-state index is 11.8. The molecule has 0 saturated carbocycles. The Kier molecular flexibility index (Phi) is 3.92. The summed E-state index contributed by atoms with van der Waals surface area (Å²) in [6, 6.07) is 6.57. The second-order valence-corrected chi connectivity index (χ2v) is 5.63. The Hall–Kier alpha value is -2.61. The molecule has 3 aromatic rings. The molecule has 3 heterocycles. The zero-order valence-corrected chi connectivity index (χ0v) is 12.5. The molecular weight excluding hydrogens is 306 g/mol. The molecule has 0 radical (unpaired) electrons. The third-order valence-electron chi connectivity index (χ3n) is 2.91. The van der Waals surface area contributed by atoms with Crippen molar-refractivity contribution in [1.82, 2.24) is 15.1 Å². The molecule has 3 rings (SSSR count). The second kappa shape index (κ2) is 6.02.